The van der Waals surface area contributed by atoms with Gasteiger partial charge < -0.3 is 54.3 Å². The highest BCUT2D eigenvalue weighted by atomic mass is 32.3. The fourth-order valence-electron chi connectivity index (χ4n) is 14.2. The van der Waals surface area contributed by atoms with Gasteiger partial charge in [-0.2, -0.15) is 8.42 Å². The van der Waals surface area contributed by atoms with E-state index in [0.717, 1.165) is 83.5 Å². The Morgan fingerprint density at radius 2 is 0.795 bits per heavy atom. The van der Waals surface area contributed by atoms with Gasteiger partial charge in [0.1, 0.15) is 30.5 Å². The van der Waals surface area contributed by atoms with Crippen LogP contribution in [0.5, 0.6) is 0 Å². The van der Waals surface area contributed by atoms with Gasteiger partial charge in [0.15, 0.2) is 24.6 Å². The molecule has 0 bridgehead atoms. The zero-order valence-electron chi connectivity index (χ0n) is 57.2. The van der Waals surface area contributed by atoms with Crippen LogP contribution in [0.15, 0.2) is 0 Å². The number of aliphatic hydroxyl groups excluding tert-OH is 6. The van der Waals surface area contributed by atoms with E-state index in [0.29, 0.717) is 48.3 Å². The molecule has 88 heavy (non-hydrogen) atoms. The smallest absolute Gasteiger partial charge is 0.397 e. The van der Waals surface area contributed by atoms with Gasteiger partial charge in [-0.3, -0.25) is 14.1 Å². The first-order chi connectivity index (χ1) is 41.9. The maximum atomic E-state index is 14.1. The van der Waals surface area contributed by atoms with Gasteiger partial charge in [-0.25, -0.2) is 4.18 Å². The number of ether oxygens (including phenoxy) is 5. The minimum atomic E-state index is -5.32. The van der Waals surface area contributed by atoms with Gasteiger partial charge in [-0.1, -0.05) is 243 Å². The van der Waals surface area contributed by atoms with E-state index < -0.39 is 103 Å². The molecule has 0 aromatic rings. The third kappa shape index (κ3) is 36.2. The van der Waals surface area contributed by atoms with Gasteiger partial charge in [-0.05, 0) is 99.2 Å². The summed E-state index contributed by atoms with van der Waals surface area (Å²) in [6.45, 7) is 20.5. The summed E-state index contributed by atoms with van der Waals surface area (Å²) in [6.07, 6.45) is 23.5. The Morgan fingerprint density at radius 1 is 0.443 bits per heavy atom. The molecule has 2 fully saturated rings. The van der Waals surface area contributed by atoms with Crippen molar-refractivity contribution in [2.75, 3.05) is 13.2 Å². The zero-order valence-corrected chi connectivity index (χ0v) is 58.0. The standard InChI is InChI=1S/C70H134O17S/c1-11-13-15-17-19-21-23-25-26-28-29-31-33-35-37-39-58(73)56(9)46-54(7)44-52(5)42-50(3)41-51(4)43-53(6)45-55(8)47-57(10)68(78)85-65-63(76)60(49-72)83-70(86-69-66(87-88(79,80)81)64(77)62(75)59(48-71)82-69)67(65)84-61(74)40-38-36-34-32-30-27-24-22-20-18-16-14-12-2/h50-60,62-67,69-73,75-77H,11-49H2,1-10H3,(H,79,80,81). The molecule has 18 heteroatoms. The number of unbranched alkanes of at least 4 members (excludes halogenated alkanes) is 26. The molecule has 0 aromatic heterocycles. The minimum Gasteiger partial charge on any atom is -0.455 e. The molecular formula is C70H134O17S. The predicted octanol–water partition coefficient (Wildman–Crippen LogP) is 14.5. The van der Waals surface area contributed by atoms with Crippen molar-refractivity contribution in [3.05, 3.63) is 0 Å². The molecule has 0 saturated carbocycles. The number of aliphatic hydroxyl groups is 6. The van der Waals surface area contributed by atoms with Crippen LogP contribution in [-0.2, 0) is 47.9 Å². The molecule has 0 radical (unpaired) electrons. The zero-order chi connectivity index (χ0) is 65.4. The van der Waals surface area contributed by atoms with Crippen molar-refractivity contribution in [3.8, 4) is 0 Å². The van der Waals surface area contributed by atoms with Crippen LogP contribution in [0.3, 0.4) is 0 Å². The molecule has 2 saturated heterocycles. The molecule has 0 spiro atoms. The van der Waals surface area contributed by atoms with Crippen molar-refractivity contribution in [2.24, 2.45) is 47.3 Å². The average molecular weight is 1280 g/mol. The quantitative estimate of drug-likeness (QED) is 0.0169. The van der Waals surface area contributed by atoms with Crippen molar-refractivity contribution >= 4 is 22.3 Å². The van der Waals surface area contributed by atoms with E-state index in [2.05, 4.69) is 66.5 Å². The number of hydrogen-bond acceptors (Lipinski definition) is 16. The van der Waals surface area contributed by atoms with Crippen LogP contribution >= 0.6 is 0 Å². The van der Waals surface area contributed by atoms with E-state index in [-0.39, 0.29) is 18.4 Å². The van der Waals surface area contributed by atoms with E-state index in [9.17, 15) is 53.2 Å². The van der Waals surface area contributed by atoms with E-state index in [4.69, 9.17) is 23.7 Å². The van der Waals surface area contributed by atoms with Crippen molar-refractivity contribution in [1.29, 1.82) is 0 Å². The summed E-state index contributed by atoms with van der Waals surface area (Å²) in [6, 6.07) is 0. The van der Waals surface area contributed by atoms with Crippen molar-refractivity contribution in [1.82, 2.24) is 0 Å². The lowest BCUT2D eigenvalue weighted by Gasteiger charge is -2.46. The summed E-state index contributed by atoms with van der Waals surface area (Å²) in [4.78, 5) is 27.7. The molecule has 522 valence electrons. The van der Waals surface area contributed by atoms with Crippen molar-refractivity contribution in [3.63, 3.8) is 0 Å². The Morgan fingerprint density at radius 3 is 1.19 bits per heavy atom. The molecule has 17 nitrogen and oxygen atoms in total. The average Bonchev–Trinajstić information content (AvgIpc) is 1.38. The normalized spacial score (nSPS) is 25.7. The largest absolute Gasteiger partial charge is 0.455 e. The third-order valence-corrected chi connectivity index (χ3v) is 19.3. The first-order valence-electron chi connectivity index (χ1n) is 35.9. The predicted molar refractivity (Wildman–Crippen MR) is 348 cm³/mol. The van der Waals surface area contributed by atoms with Gasteiger partial charge in [0.25, 0.3) is 0 Å². The minimum absolute atomic E-state index is 0.0549. The SMILES string of the molecule is CCCCCCCCCCCCCCCCCC(O)C(C)CC(C)CC(C)CC(C)CC(C)CC(C)CC(C)CC(C)C(=O)OC1C(O)C(CO)OC(OC2OC(CO)C(O)C(O)C2OS(=O)(=O)O)C1OC(=O)CCCCCCCCCCCCCCC. The van der Waals surface area contributed by atoms with Gasteiger partial charge in [-0.15, -0.1) is 0 Å². The Hall–Kier alpha value is -1.55. The monoisotopic (exact) mass is 1280 g/mol. The van der Waals surface area contributed by atoms with E-state index in [1.54, 1.807) is 6.92 Å². The first-order valence-corrected chi connectivity index (χ1v) is 37.3. The molecule has 7 N–H and O–H groups in total. The van der Waals surface area contributed by atoms with Crippen molar-refractivity contribution < 1.29 is 81.1 Å². The second-order valence-electron chi connectivity index (χ2n) is 28.4. The summed E-state index contributed by atoms with van der Waals surface area (Å²) < 4.78 is 67.4. The van der Waals surface area contributed by atoms with Crippen molar-refractivity contribution in [2.45, 2.75) is 374 Å². The lowest BCUT2D eigenvalue weighted by atomic mass is 9.80. The molecular weight excluding hydrogens is 1140 g/mol. The van der Waals surface area contributed by atoms with E-state index in [1.807, 2.05) is 0 Å². The van der Waals surface area contributed by atoms with E-state index >= 15 is 0 Å². The molecule has 2 aliphatic heterocycles. The fraction of sp³-hybridized carbons (Fsp3) is 0.971. The summed E-state index contributed by atoms with van der Waals surface area (Å²) in [5.74, 6) is 0.857. The maximum Gasteiger partial charge on any atom is 0.397 e. The van der Waals surface area contributed by atoms with Gasteiger partial charge in [0, 0.05) is 6.42 Å². The molecule has 2 heterocycles. The summed E-state index contributed by atoms with van der Waals surface area (Å²) in [5.41, 5.74) is 0. The van der Waals surface area contributed by atoms with Crippen LogP contribution in [-0.4, -0.2) is 136 Å². The van der Waals surface area contributed by atoms with Gasteiger partial charge in [0.05, 0.1) is 25.2 Å². The summed E-state index contributed by atoms with van der Waals surface area (Å²) >= 11 is 0. The molecule has 0 aromatic carbocycles. The van der Waals surface area contributed by atoms with Crippen LogP contribution in [0.4, 0.5) is 0 Å². The number of hydrogen-bond donors (Lipinski definition) is 7. The maximum absolute atomic E-state index is 14.1. The van der Waals surface area contributed by atoms with Crippen LogP contribution in [0.25, 0.3) is 0 Å². The summed E-state index contributed by atoms with van der Waals surface area (Å²) in [7, 11) is -5.32. The first kappa shape index (κ1) is 82.5. The molecule has 0 aliphatic carbocycles. The van der Waals surface area contributed by atoms with Crippen LogP contribution in [0.2, 0.25) is 0 Å². The number of carbonyl (C=O) groups is 2. The third-order valence-electron chi connectivity index (χ3n) is 18.8. The summed E-state index contributed by atoms with van der Waals surface area (Å²) in [5, 5.41) is 64.4. The second kappa shape index (κ2) is 48.2. The molecule has 0 amide bonds. The number of carbonyl (C=O) groups excluding carboxylic acids is 2. The molecule has 2 aliphatic rings. The molecule has 19 atom stereocenters. The van der Waals surface area contributed by atoms with Crippen LogP contribution < -0.4 is 0 Å². The Kier molecular flexibility index (Phi) is 45.2. The molecule has 2 rings (SSSR count). The lowest BCUT2D eigenvalue weighted by molar-refractivity contribution is -0.374. The number of rotatable bonds is 54. The van der Waals surface area contributed by atoms with Crippen LogP contribution in [0.1, 0.15) is 307 Å². The number of esters is 2. The van der Waals surface area contributed by atoms with Gasteiger partial charge in [0.2, 0.25) is 6.29 Å². The second-order valence-corrected chi connectivity index (χ2v) is 29.4. The van der Waals surface area contributed by atoms with Gasteiger partial charge >= 0.3 is 22.3 Å². The Bertz CT molecular complexity index is 1840. The Labute approximate surface area is 536 Å². The molecule has 19 unspecified atom stereocenters. The highest BCUT2D eigenvalue weighted by Crippen LogP contribution is 2.36. The topological polar surface area (TPSA) is 265 Å². The van der Waals surface area contributed by atoms with Crippen LogP contribution in [0, 0.1) is 47.3 Å². The fourth-order valence-corrected chi connectivity index (χ4v) is 14.7. The highest BCUT2D eigenvalue weighted by molar-refractivity contribution is 7.80. The Balaban J connectivity index is 1.93. The lowest BCUT2D eigenvalue weighted by Crippen LogP contribution is -2.65. The van der Waals surface area contributed by atoms with E-state index in [1.165, 1.54) is 135 Å². The highest BCUT2D eigenvalue weighted by Gasteiger charge is 2.55.